The second-order valence-corrected chi connectivity index (χ2v) is 4.80. The third-order valence-electron chi connectivity index (χ3n) is 2.81. The van der Waals surface area contributed by atoms with Crippen LogP contribution in [0.4, 0.5) is 5.69 Å². The summed E-state index contributed by atoms with van der Waals surface area (Å²) >= 11 is 5.97. The molecule has 6 heteroatoms. The summed E-state index contributed by atoms with van der Waals surface area (Å²) in [6.45, 7) is 1.94. The quantitative estimate of drug-likeness (QED) is 0.731. The minimum Gasteiger partial charge on any atom is -0.399 e. The number of aryl methyl sites for hydroxylation is 1. The minimum absolute atomic E-state index is 0.360. The van der Waals surface area contributed by atoms with E-state index in [1.807, 2.05) is 19.1 Å². The zero-order valence-corrected chi connectivity index (χ0v) is 11.4. The van der Waals surface area contributed by atoms with Crippen LogP contribution in [0.2, 0.25) is 5.02 Å². The Kier molecular flexibility index (Phi) is 3.12. The lowest BCUT2D eigenvalue weighted by atomic mass is 10.2. The van der Waals surface area contributed by atoms with Crippen LogP contribution in [0.15, 0.2) is 41.1 Å². The van der Waals surface area contributed by atoms with Gasteiger partial charge in [0.2, 0.25) is 5.82 Å². The number of benzene rings is 1. The van der Waals surface area contributed by atoms with Crippen LogP contribution in [0.3, 0.4) is 0 Å². The maximum absolute atomic E-state index is 5.97. The largest absolute Gasteiger partial charge is 0.399 e. The van der Waals surface area contributed by atoms with Crippen molar-refractivity contribution in [1.29, 1.82) is 0 Å². The summed E-state index contributed by atoms with van der Waals surface area (Å²) in [7, 11) is 0. The summed E-state index contributed by atoms with van der Waals surface area (Å²) in [4.78, 5) is 8.59. The maximum atomic E-state index is 5.97. The molecule has 0 unspecified atom stereocenters. The number of hydrogen-bond acceptors (Lipinski definition) is 5. The number of nitrogens with zero attached hydrogens (tertiary/aromatic N) is 3. The molecule has 0 amide bonds. The van der Waals surface area contributed by atoms with Crippen molar-refractivity contribution in [2.24, 2.45) is 0 Å². The van der Waals surface area contributed by atoms with Crippen molar-refractivity contribution in [2.75, 3.05) is 5.73 Å². The van der Waals surface area contributed by atoms with Gasteiger partial charge in [-0.25, -0.2) is 0 Å². The van der Waals surface area contributed by atoms with E-state index < -0.39 is 0 Å². The fourth-order valence-electron chi connectivity index (χ4n) is 1.89. The Morgan fingerprint density at radius 1 is 1.25 bits per heavy atom. The zero-order chi connectivity index (χ0) is 14.1. The second-order valence-electron chi connectivity index (χ2n) is 4.37. The number of anilines is 1. The van der Waals surface area contributed by atoms with Crippen molar-refractivity contribution in [2.45, 2.75) is 6.92 Å². The van der Waals surface area contributed by atoms with Crippen molar-refractivity contribution >= 4 is 17.3 Å². The highest BCUT2D eigenvalue weighted by Gasteiger charge is 2.13. The molecule has 5 nitrogen and oxygen atoms in total. The van der Waals surface area contributed by atoms with Crippen LogP contribution >= 0.6 is 11.6 Å². The molecule has 0 atom stereocenters. The first-order valence-corrected chi connectivity index (χ1v) is 6.33. The minimum atomic E-state index is 0.360. The fourth-order valence-corrected chi connectivity index (χ4v) is 2.14. The van der Waals surface area contributed by atoms with Crippen LogP contribution < -0.4 is 5.73 Å². The summed E-state index contributed by atoms with van der Waals surface area (Å²) < 4.78 is 5.25. The molecule has 0 spiro atoms. The van der Waals surface area contributed by atoms with Gasteiger partial charge in [-0.2, -0.15) is 4.98 Å². The van der Waals surface area contributed by atoms with Crippen LogP contribution in [-0.2, 0) is 0 Å². The van der Waals surface area contributed by atoms with Crippen LogP contribution in [0, 0.1) is 6.92 Å². The van der Waals surface area contributed by atoms with Crippen molar-refractivity contribution < 1.29 is 4.52 Å². The number of rotatable bonds is 2. The van der Waals surface area contributed by atoms with Gasteiger partial charge in [0.25, 0.3) is 5.89 Å². The highest BCUT2D eigenvalue weighted by molar-refractivity contribution is 6.31. The van der Waals surface area contributed by atoms with E-state index in [0.29, 0.717) is 33.7 Å². The van der Waals surface area contributed by atoms with Gasteiger partial charge in [-0.1, -0.05) is 22.8 Å². The molecule has 20 heavy (non-hydrogen) atoms. The maximum Gasteiger partial charge on any atom is 0.258 e. The first-order valence-electron chi connectivity index (χ1n) is 5.95. The van der Waals surface area contributed by atoms with Gasteiger partial charge in [-0.15, -0.1) is 0 Å². The fraction of sp³-hybridized carbons (Fsp3) is 0.0714. The van der Waals surface area contributed by atoms with Gasteiger partial charge < -0.3 is 10.3 Å². The molecule has 2 heterocycles. The van der Waals surface area contributed by atoms with Crippen molar-refractivity contribution in [3.8, 4) is 23.0 Å². The molecule has 2 aromatic heterocycles. The monoisotopic (exact) mass is 286 g/mol. The average molecular weight is 287 g/mol. The van der Waals surface area contributed by atoms with E-state index in [1.54, 1.807) is 24.4 Å². The predicted molar refractivity (Wildman–Crippen MR) is 77.1 cm³/mol. The van der Waals surface area contributed by atoms with Crippen molar-refractivity contribution in [3.63, 3.8) is 0 Å². The number of pyridine rings is 1. The van der Waals surface area contributed by atoms with E-state index in [-0.39, 0.29) is 0 Å². The summed E-state index contributed by atoms with van der Waals surface area (Å²) in [6, 6.07) is 8.91. The van der Waals surface area contributed by atoms with Crippen LogP contribution in [0.5, 0.6) is 0 Å². The summed E-state index contributed by atoms with van der Waals surface area (Å²) in [5, 5.41) is 4.47. The average Bonchev–Trinajstić information content (AvgIpc) is 2.87. The van der Waals surface area contributed by atoms with Crippen LogP contribution in [-0.4, -0.2) is 15.1 Å². The van der Waals surface area contributed by atoms with Gasteiger partial charge in [-0.05, 0) is 36.8 Å². The lowest BCUT2D eigenvalue weighted by Gasteiger charge is -1.98. The zero-order valence-electron chi connectivity index (χ0n) is 10.7. The topological polar surface area (TPSA) is 77.8 Å². The van der Waals surface area contributed by atoms with Crippen molar-refractivity contribution in [1.82, 2.24) is 15.1 Å². The molecule has 0 aliphatic carbocycles. The van der Waals surface area contributed by atoms with Gasteiger partial charge in [-0.3, -0.25) is 4.98 Å². The molecule has 3 aromatic rings. The molecular weight excluding hydrogens is 276 g/mol. The van der Waals surface area contributed by atoms with Crippen LogP contribution in [0.1, 0.15) is 5.56 Å². The lowest BCUT2D eigenvalue weighted by Crippen LogP contribution is -1.89. The number of nitrogen functional groups attached to an aromatic ring is 1. The van der Waals surface area contributed by atoms with Crippen molar-refractivity contribution in [3.05, 3.63) is 47.1 Å². The number of nitrogens with two attached hydrogens (primary N) is 1. The summed E-state index contributed by atoms with van der Waals surface area (Å²) in [5.74, 6) is 0.802. The third-order valence-corrected chi connectivity index (χ3v) is 3.03. The van der Waals surface area contributed by atoms with E-state index >= 15 is 0 Å². The van der Waals surface area contributed by atoms with E-state index in [2.05, 4.69) is 15.1 Å². The highest BCUT2D eigenvalue weighted by Crippen LogP contribution is 2.27. The Hall–Kier alpha value is -2.40. The molecule has 0 saturated heterocycles. The molecular formula is C14H11ClN4O. The summed E-state index contributed by atoms with van der Waals surface area (Å²) in [6.07, 6.45) is 1.69. The SMILES string of the molecule is Cc1cccnc1-c1noc(-c2cc(N)cc(Cl)c2)n1. The van der Waals surface area contributed by atoms with Gasteiger partial charge >= 0.3 is 0 Å². The standard InChI is InChI=1S/C14H11ClN4O/c1-8-3-2-4-17-12(8)13-18-14(20-19-13)9-5-10(15)7-11(16)6-9/h2-7H,16H2,1H3. The lowest BCUT2D eigenvalue weighted by molar-refractivity contribution is 0.432. The molecule has 0 bridgehead atoms. The first kappa shape index (κ1) is 12.6. The predicted octanol–water partition coefficient (Wildman–Crippen LogP) is 3.34. The number of hydrogen-bond donors (Lipinski definition) is 1. The van der Waals surface area contributed by atoms with Gasteiger partial charge in [0.05, 0.1) is 0 Å². The molecule has 2 N–H and O–H groups in total. The smallest absolute Gasteiger partial charge is 0.258 e. The molecule has 1 aromatic carbocycles. The van der Waals surface area contributed by atoms with E-state index in [4.69, 9.17) is 21.9 Å². The summed E-state index contributed by atoms with van der Waals surface area (Å²) in [5.41, 5.74) is 8.65. The Bertz CT molecular complexity index is 749. The highest BCUT2D eigenvalue weighted by atomic mass is 35.5. The van der Waals surface area contributed by atoms with E-state index in [9.17, 15) is 0 Å². The number of aromatic nitrogens is 3. The van der Waals surface area contributed by atoms with E-state index in [1.165, 1.54) is 0 Å². The molecule has 0 aliphatic rings. The normalized spacial score (nSPS) is 10.7. The van der Waals surface area contributed by atoms with Gasteiger partial charge in [0.15, 0.2) is 0 Å². The Labute approximate surface area is 120 Å². The van der Waals surface area contributed by atoms with E-state index in [0.717, 1.165) is 5.56 Å². The number of halogens is 1. The van der Waals surface area contributed by atoms with Gasteiger partial charge in [0.1, 0.15) is 5.69 Å². The molecule has 3 rings (SSSR count). The first-order chi connectivity index (χ1) is 9.63. The molecule has 0 radical (unpaired) electrons. The third kappa shape index (κ3) is 2.35. The Morgan fingerprint density at radius 3 is 2.85 bits per heavy atom. The molecule has 0 saturated carbocycles. The second kappa shape index (κ2) is 4.94. The van der Waals surface area contributed by atoms with Gasteiger partial charge in [0, 0.05) is 22.5 Å². The van der Waals surface area contributed by atoms with Crippen LogP contribution in [0.25, 0.3) is 23.0 Å². The molecule has 0 fully saturated rings. The molecule has 100 valence electrons. The Morgan fingerprint density at radius 2 is 2.10 bits per heavy atom. The molecule has 0 aliphatic heterocycles. The Balaban J connectivity index is 2.04.